The van der Waals surface area contributed by atoms with Gasteiger partial charge in [0, 0.05) is 5.92 Å². The van der Waals surface area contributed by atoms with Crippen molar-refractivity contribution < 1.29 is 76.5 Å². The number of carbonyl (C=O) groups is 1. The van der Waals surface area contributed by atoms with Gasteiger partial charge in [0.1, 0.15) is 5.57 Å². The van der Waals surface area contributed by atoms with Crippen molar-refractivity contribution in [1.82, 2.24) is 0 Å². The highest BCUT2D eigenvalue weighted by Crippen LogP contribution is 2.70. The lowest BCUT2D eigenvalue weighted by Crippen LogP contribution is -2.89. The van der Waals surface area contributed by atoms with E-state index in [2.05, 4.69) is 9.47 Å². The Balaban J connectivity index is 3.01. The first kappa shape index (κ1) is 29.5. The van der Waals surface area contributed by atoms with Crippen molar-refractivity contribution in [2.45, 2.75) is 86.4 Å². The average Bonchev–Trinajstić information content (AvgIpc) is 2.65. The van der Waals surface area contributed by atoms with Gasteiger partial charge in [-0.1, -0.05) is 25.8 Å². The van der Waals surface area contributed by atoms with E-state index >= 15 is 8.78 Å². The van der Waals surface area contributed by atoms with Crippen LogP contribution in [0.3, 0.4) is 0 Å². The van der Waals surface area contributed by atoms with Crippen molar-refractivity contribution >= 4 is 5.97 Å². The topological polar surface area (TPSA) is 55.8 Å². The smallest absolute Gasteiger partial charge is 0.432 e. The highest BCUT2D eigenvalue weighted by atomic mass is 19.4. The molecule has 0 aromatic rings. The first-order chi connectivity index (χ1) is 15.4. The van der Waals surface area contributed by atoms with Crippen LogP contribution in [-0.4, -0.2) is 58.4 Å². The number of hydrogen-bond acceptors (Lipinski definition) is 4. The van der Waals surface area contributed by atoms with Gasteiger partial charge in [0.25, 0.3) is 0 Å². The van der Waals surface area contributed by atoms with Crippen LogP contribution in [0, 0.1) is 5.92 Å². The Morgan fingerprint density at radius 1 is 0.886 bits per heavy atom. The van der Waals surface area contributed by atoms with E-state index in [0.29, 0.717) is 0 Å². The van der Waals surface area contributed by atoms with Crippen LogP contribution in [0.1, 0.15) is 39.0 Å². The zero-order chi connectivity index (χ0) is 27.7. The van der Waals surface area contributed by atoms with Crippen LogP contribution in [0.2, 0.25) is 0 Å². The molecule has 1 aliphatic heterocycles. The maximum absolute atomic E-state index is 15.6. The third-order valence-corrected chi connectivity index (χ3v) is 6.13. The minimum Gasteiger partial charge on any atom is -0.432 e. The van der Waals surface area contributed by atoms with Crippen LogP contribution in [-0.2, 0) is 14.3 Å². The summed E-state index contributed by atoms with van der Waals surface area (Å²) in [5, 5.41) is 9.93. The number of carbonyl (C=O) groups excluding carboxylic acids is 1. The molecule has 4 nitrogen and oxygen atoms in total. The first-order valence-electron chi connectivity index (χ1n) is 9.66. The van der Waals surface area contributed by atoms with E-state index in [1.807, 2.05) is 6.58 Å². The van der Waals surface area contributed by atoms with Crippen molar-refractivity contribution in [3.63, 3.8) is 0 Å². The summed E-state index contributed by atoms with van der Waals surface area (Å²) in [5.41, 5.74) is -15.5. The highest BCUT2D eigenvalue weighted by molar-refractivity contribution is 5.89. The Bertz CT molecular complexity index is 852. The predicted octanol–water partition coefficient (Wildman–Crippen LogP) is 5.84. The fraction of sp³-hybridized carbons (Fsp3) is 0.833. The maximum Gasteiger partial charge on any atom is 0.441 e. The number of halogens is 13. The number of ether oxygens (including phenoxy) is 2. The van der Waals surface area contributed by atoms with Crippen molar-refractivity contribution in [1.29, 1.82) is 0 Å². The normalized spacial score (nSPS) is 34.4. The van der Waals surface area contributed by atoms with Crippen molar-refractivity contribution in [2.75, 3.05) is 0 Å². The molecule has 1 heterocycles. The molecule has 0 aromatic heterocycles. The van der Waals surface area contributed by atoms with Crippen molar-refractivity contribution in [3.8, 4) is 0 Å². The van der Waals surface area contributed by atoms with Crippen LogP contribution in [0.5, 0.6) is 0 Å². The van der Waals surface area contributed by atoms with Crippen LogP contribution >= 0.6 is 0 Å². The zero-order valence-corrected chi connectivity index (χ0v) is 17.4. The number of hydrogen-bond donors (Lipinski definition) is 1. The van der Waals surface area contributed by atoms with Gasteiger partial charge in [-0.3, -0.25) is 0 Å². The Morgan fingerprint density at radius 3 is 1.71 bits per heavy atom. The third kappa shape index (κ3) is 3.87. The molecule has 1 N–H and O–H groups in total. The van der Waals surface area contributed by atoms with E-state index in [1.54, 1.807) is 0 Å². The fourth-order valence-corrected chi connectivity index (χ4v) is 4.40. The Kier molecular flexibility index (Phi) is 6.83. The van der Waals surface area contributed by atoms with Crippen LogP contribution < -0.4 is 0 Å². The Morgan fingerprint density at radius 2 is 1.34 bits per heavy atom. The number of aliphatic hydroxyl groups is 1. The Hall–Kier alpha value is -1.78. The lowest BCUT2D eigenvalue weighted by molar-refractivity contribution is -0.552. The second-order valence-electron chi connectivity index (χ2n) is 8.35. The van der Waals surface area contributed by atoms with E-state index in [9.17, 15) is 58.2 Å². The SMILES string of the molecule is C=C(C(=O)OC1(C(F)(F)F)C(F)(F)C(C)(O)OC(C2CCCCC2)(C(F)(F)F)C1(F)F)C(F)(F)F. The molecule has 204 valence electrons. The van der Waals surface area contributed by atoms with Gasteiger partial charge in [0.05, 0.1) is 0 Å². The number of esters is 1. The van der Waals surface area contributed by atoms with Crippen LogP contribution in [0.15, 0.2) is 12.2 Å². The molecule has 35 heavy (non-hydrogen) atoms. The highest BCUT2D eigenvalue weighted by Gasteiger charge is 2.99. The number of alkyl halides is 13. The molecule has 2 rings (SSSR count). The lowest BCUT2D eigenvalue weighted by atomic mass is 9.63. The molecule has 1 saturated carbocycles. The minimum absolute atomic E-state index is 0.118. The minimum atomic E-state index is -7.39. The van der Waals surface area contributed by atoms with Gasteiger partial charge in [-0.25, -0.2) is 4.79 Å². The summed E-state index contributed by atoms with van der Waals surface area (Å²) in [6.07, 6.45) is -22.4. The van der Waals surface area contributed by atoms with Crippen molar-refractivity contribution in [3.05, 3.63) is 12.2 Å². The van der Waals surface area contributed by atoms with Gasteiger partial charge >= 0.3 is 41.9 Å². The summed E-state index contributed by atoms with van der Waals surface area (Å²) >= 11 is 0. The van der Waals surface area contributed by atoms with E-state index in [0.717, 1.165) is 0 Å². The summed E-state index contributed by atoms with van der Waals surface area (Å²) < 4.78 is 191. The Labute approximate surface area is 188 Å². The van der Waals surface area contributed by atoms with Gasteiger partial charge in [-0.2, -0.15) is 57.1 Å². The zero-order valence-electron chi connectivity index (χ0n) is 17.4. The first-order valence-corrected chi connectivity index (χ1v) is 9.66. The van der Waals surface area contributed by atoms with Gasteiger partial charge in [0.2, 0.25) is 11.4 Å². The summed E-state index contributed by atoms with van der Waals surface area (Å²) in [4.78, 5) is 11.7. The van der Waals surface area contributed by atoms with E-state index in [-0.39, 0.29) is 19.3 Å². The second kappa shape index (κ2) is 8.11. The quantitative estimate of drug-likeness (QED) is 0.276. The van der Waals surface area contributed by atoms with Gasteiger partial charge in [-0.05, 0) is 19.8 Å². The molecule has 0 aromatic carbocycles. The molecular formula is C18H17F13O4. The molecule has 1 aliphatic carbocycles. The van der Waals surface area contributed by atoms with Crippen molar-refractivity contribution in [2.24, 2.45) is 5.92 Å². The monoisotopic (exact) mass is 544 g/mol. The lowest BCUT2D eigenvalue weighted by Gasteiger charge is -2.61. The predicted molar refractivity (Wildman–Crippen MR) is 87.0 cm³/mol. The summed E-state index contributed by atoms with van der Waals surface area (Å²) in [7, 11) is 0. The molecule has 0 amide bonds. The fourth-order valence-electron chi connectivity index (χ4n) is 4.40. The molecule has 3 atom stereocenters. The standard InChI is InChI=1S/C18H17F13O4/c1-8(13(19,20)21)10(32)34-14(18(29,30)31)15(22,23)11(2,33)35-12(16(14,24)25,17(26,27)28)9-6-4-3-5-7-9/h9,33H,1,3-7H2,2H3. The molecule has 1 saturated heterocycles. The molecule has 3 unspecified atom stereocenters. The molecule has 0 bridgehead atoms. The van der Waals surface area contributed by atoms with Crippen LogP contribution in [0.25, 0.3) is 0 Å². The van der Waals surface area contributed by atoms with Gasteiger partial charge < -0.3 is 14.6 Å². The molecule has 2 fully saturated rings. The second-order valence-corrected chi connectivity index (χ2v) is 8.35. The molecular weight excluding hydrogens is 527 g/mol. The summed E-state index contributed by atoms with van der Waals surface area (Å²) in [5.74, 6) is -25.0. The largest absolute Gasteiger partial charge is 0.441 e. The summed E-state index contributed by atoms with van der Waals surface area (Å²) in [6, 6.07) is 0. The molecule has 0 radical (unpaired) electrons. The van der Waals surface area contributed by atoms with Gasteiger partial charge in [-0.15, -0.1) is 0 Å². The van der Waals surface area contributed by atoms with E-state index in [4.69, 9.17) is 0 Å². The van der Waals surface area contributed by atoms with Crippen LogP contribution in [0.4, 0.5) is 57.1 Å². The van der Waals surface area contributed by atoms with E-state index in [1.165, 1.54) is 0 Å². The maximum atomic E-state index is 15.6. The molecule has 0 spiro atoms. The number of rotatable bonds is 3. The van der Waals surface area contributed by atoms with Gasteiger partial charge in [0.15, 0.2) is 0 Å². The summed E-state index contributed by atoms with van der Waals surface area (Å²) in [6.45, 7) is 1.41. The third-order valence-electron chi connectivity index (χ3n) is 6.13. The van der Waals surface area contributed by atoms with E-state index < -0.39 is 84.6 Å². The molecule has 2 aliphatic rings. The average molecular weight is 544 g/mol. The molecule has 17 heteroatoms.